The normalized spacial score (nSPS) is 22.9. The number of alkyl halides is 3. The van der Waals surface area contributed by atoms with Gasteiger partial charge in [-0.15, -0.1) is 0 Å². The van der Waals surface area contributed by atoms with Crippen LogP contribution < -0.4 is 10.1 Å². The summed E-state index contributed by atoms with van der Waals surface area (Å²) in [6.07, 6.45) is -5.07. The molecule has 1 atom stereocenters. The van der Waals surface area contributed by atoms with Gasteiger partial charge < -0.3 is 10.1 Å². The molecule has 1 fully saturated rings. The van der Waals surface area contributed by atoms with Gasteiger partial charge >= 0.3 is 6.18 Å². The Morgan fingerprint density at radius 1 is 1.40 bits per heavy atom. The van der Waals surface area contributed by atoms with E-state index in [4.69, 9.17) is 4.74 Å². The lowest BCUT2D eigenvalue weighted by molar-refractivity contribution is -0.197. The number of ether oxygens (including phenoxy) is 1. The molecule has 1 aromatic rings. The molecule has 0 bridgehead atoms. The summed E-state index contributed by atoms with van der Waals surface area (Å²) in [5, 5.41) is 2.55. The number of methoxy groups -OCH3 is 1. The molecule has 1 saturated heterocycles. The highest BCUT2D eigenvalue weighted by atomic mass is 19.4. The lowest BCUT2D eigenvalue weighted by Crippen LogP contribution is -2.46. The van der Waals surface area contributed by atoms with E-state index >= 15 is 0 Å². The van der Waals surface area contributed by atoms with Gasteiger partial charge in [-0.1, -0.05) is 0 Å². The van der Waals surface area contributed by atoms with Crippen molar-refractivity contribution in [2.75, 3.05) is 20.2 Å². The molecule has 2 rings (SSSR count). The minimum Gasteiger partial charge on any atom is -0.496 e. The van der Waals surface area contributed by atoms with Crippen molar-refractivity contribution in [2.45, 2.75) is 12.6 Å². The molecule has 0 amide bonds. The van der Waals surface area contributed by atoms with Crippen LogP contribution in [0.25, 0.3) is 0 Å². The Hall–Kier alpha value is -1.63. The highest BCUT2D eigenvalue weighted by molar-refractivity contribution is 6.03. The first-order chi connectivity index (χ1) is 9.32. The van der Waals surface area contributed by atoms with Crippen LogP contribution in [0.2, 0.25) is 0 Å². The molecule has 3 nitrogen and oxygen atoms in total. The summed E-state index contributed by atoms with van der Waals surface area (Å²) in [5.74, 6) is -2.00. The topological polar surface area (TPSA) is 38.3 Å². The third-order valence-corrected chi connectivity index (χ3v) is 3.54. The van der Waals surface area contributed by atoms with Crippen molar-refractivity contribution in [3.8, 4) is 5.75 Å². The van der Waals surface area contributed by atoms with Crippen molar-refractivity contribution in [1.82, 2.24) is 5.32 Å². The highest BCUT2D eigenvalue weighted by Gasteiger charge is 2.61. The average Bonchev–Trinajstić information content (AvgIpc) is 2.88. The number of rotatable bonds is 3. The summed E-state index contributed by atoms with van der Waals surface area (Å²) in [7, 11) is 1.22. The molecular formula is C13H13F4NO2. The molecule has 0 spiro atoms. The fourth-order valence-corrected chi connectivity index (χ4v) is 2.37. The second kappa shape index (κ2) is 5.05. The van der Waals surface area contributed by atoms with E-state index in [0.717, 1.165) is 18.2 Å². The summed E-state index contributed by atoms with van der Waals surface area (Å²) in [5.41, 5.74) is -2.90. The number of Topliss-reactive ketones (excluding diaryl/α,β-unsaturated/α-hetero) is 1. The molecule has 1 unspecified atom stereocenters. The van der Waals surface area contributed by atoms with Gasteiger partial charge in [0.1, 0.15) is 17.0 Å². The predicted molar refractivity (Wildman–Crippen MR) is 63.3 cm³/mol. The summed E-state index contributed by atoms with van der Waals surface area (Å²) < 4.78 is 58.0. The first-order valence-corrected chi connectivity index (χ1v) is 5.97. The molecule has 1 heterocycles. The van der Waals surface area contributed by atoms with Gasteiger partial charge in [0.15, 0.2) is 5.78 Å². The Morgan fingerprint density at radius 2 is 2.10 bits per heavy atom. The zero-order chi connectivity index (χ0) is 15.0. The summed E-state index contributed by atoms with van der Waals surface area (Å²) >= 11 is 0. The minimum absolute atomic E-state index is 0.0630. The lowest BCUT2D eigenvalue weighted by Gasteiger charge is -2.29. The number of halogens is 4. The minimum atomic E-state index is -4.70. The van der Waals surface area contributed by atoms with Crippen molar-refractivity contribution < 1.29 is 27.1 Å². The maximum absolute atomic E-state index is 13.3. The molecule has 0 aliphatic carbocycles. The number of carbonyl (C=O) groups excluding carboxylic acids is 1. The predicted octanol–water partition coefficient (Wildman–Crippen LogP) is 2.56. The summed E-state index contributed by atoms with van der Waals surface area (Å²) in [6.45, 7) is -0.419. The molecule has 1 aliphatic rings. The van der Waals surface area contributed by atoms with Crippen LogP contribution in [0.1, 0.15) is 16.8 Å². The van der Waals surface area contributed by atoms with Gasteiger partial charge in [0.05, 0.1) is 12.7 Å². The van der Waals surface area contributed by atoms with Gasteiger partial charge in [0.25, 0.3) is 0 Å². The van der Waals surface area contributed by atoms with Gasteiger partial charge in [-0.3, -0.25) is 4.79 Å². The van der Waals surface area contributed by atoms with E-state index in [1.807, 2.05) is 0 Å². The molecule has 0 radical (unpaired) electrons. The molecule has 110 valence electrons. The van der Waals surface area contributed by atoms with Crippen LogP contribution >= 0.6 is 0 Å². The molecule has 1 aliphatic heterocycles. The Balaban J connectivity index is 2.51. The van der Waals surface area contributed by atoms with E-state index in [1.54, 1.807) is 0 Å². The van der Waals surface area contributed by atoms with E-state index in [2.05, 4.69) is 5.32 Å². The van der Waals surface area contributed by atoms with Crippen molar-refractivity contribution in [3.63, 3.8) is 0 Å². The van der Waals surface area contributed by atoms with Crippen LogP contribution in [-0.4, -0.2) is 32.2 Å². The highest BCUT2D eigenvalue weighted by Crippen LogP contribution is 2.46. The monoisotopic (exact) mass is 291 g/mol. The van der Waals surface area contributed by atoms with Crippen LogP contribution in [0.4, 0.5) is 17.6 Å². The number of hydrogen-bond acceptors (Lipinski definition) is 3. The second-order valence-corrected chi connectivity index (χ2v) is 4.68. The van der Waals surface area contributed by atoms with Crippen molar-refractivity contribution >= 4 is 5.78 Å². The van der Waals surface area contributed by atoms with E-state index in [-0.39, 0.29) is 24.3 Å². The molecule has 0 aromatic heterocycles. The van der Waals surface area contributed by atoms with Crippen LogP contribution in [0.5, 0.6) is 5.75 Å². The number of nitrogens with one attached hydrogen (secondary N) is 1. The van der Waals surface area contributed by atoms with Crippen molar-refractivity contribution in [3.05, 3.63) is 29.6 Å². The molecular weight excluding hydrogens is 278 g/mol. The van der Waals surface area contributed by atoms with Crippen LogP contribution in [-0.2, 0) is 0 Å². The first kappa shape index (κ1) is 14.8. The van der Waals surface area contributed by atoms with Crippen molar-refractivity contribution in [1.29, 1.82) is 0 Å². The van der Waals surface area contributed by atoms with E-state index < -0.39 is 29.7 Å². The first-order valence-electron chi connectivity index (χ1n) is 5.97. The Labute approximate surface area is 112 Å². The third kappa shape index (κ3) is 2.26. The average molecular weight is 291 g/mol. The van der Waals surface area contributed by atoms with Gasteiger partial charge in [-0.2, -0.15) is 13.2 Å². The van der Waals surface area contributed by atoms with E-state index in [0.29, 0.717) is 0 Å². The van der Waals surface area contributed by atoms with Crippen LogP contribution in [0.3, 0.4) is 0 Å². The van der Waals surface area contributed by atoms with Gasteiger partial charge in [-0.05, 0) is 31.2 Å². The lowest BCUT2D eigenvalue weighted by atomic mass is 9.78. The number of carbonyl (C=O) groups is 1. The Kier molecular flexibility index (Phi) is 3.73. The van der Waals surface area contributed by atoms with E-state index in [9.17, 15) is 22.4 Å². The molecule has 20 heavy (non-hydrogen) atoms. The third-order valence-electron chi connectivity index (χ3n) is 3.54. The van der Waals surface area contributed by atoms with Crippen LogP contribution in [0, 0.1) is 11.2 Å². The maximum Gasteiger partial charge on any atom is 0.402 e. The van der Waals surface area contributed by atoms with E-state index in [1.165, 1.54) is 7.11 Å². The number of hydrogen-bond donors (Lipinski definition) is 1. The van der Waals surface area contributed by atoms with Gasteiger partial charge in [0.2, 0.25) is 0 Å². The zero-order valence-corrected chi connectivity index (χ0v) is 10.7. The Bertz CT molecular complexity index is 522. The quantitative estimate of drug-likeness (QED) is 0.687. The fraction of sp³-hybridized carbons (Fsp3) is 0.462. The van der Waals surface area contributed by atoms with Crippen LogP contribution in [0.15, 0.2) is 18.2 Å². The van der Waals surface area contributed by atoms with Crippen molar-refractivity contribution in [2.24, 2.45) is 5.41 Å². The fourth-order valence-electron chi connectivity index (χ4n) is 2.37. The zero-order valence-electron chi connectivity index (χ0n) is 10.7. The Morgan fingerprint density at radius 3 is 2.60 bits per heavy atom. The summed E-state index contributed by atoms with van der Waals surface area (Å²) in [4.78, 5) is 12.3. The molecule has 1 N–H and O–H groups in total. The number of ketones is 1. The smallest absolute Gasteiger partial charge is 0.402 e. The van der Waals surface area contributed by atoms with Gasteiger partial charge in [-0.25, -0.2) is 4.39 Å². The van der Waals surface area contributed by atoms with Gasteiger partial charge in [0, 0.05) is 6.54 Å². The molecule has 0 saturated carbocycles. The largest absolute Gasteiger partial charge is 0.496 e. The standard InChI is InChI=1S/C13H13F4NO2/c1-20-10-3-2-8(14)6-9(10)11(19)12(13(15,16)17)4-5-18-7-12/h2-3,6,18H,4-5,7H2,1H3. The number of benzene rings is 1. The molecule has 7 heteroatoms. The summed E-state index contributed by atoms with van der Waals surface area (Å²) in [6, 6.07) is 2.96. The maximum atomic E-state index is 13.3. The SMILES string of the molecule is COc1ccc(F)cc1C(=O)C1(C(F)(F)F)CCNC1. The second-order valence-electron chi connectivity index (χ2n) is 4.68. The molecule has 1 aromatic carbocycles.